The zero-order valence-electron chi connectivity index (χ0n) is 16.3. The molecule has 1 aromatic heterocycles. The van der Waals surface area contributed by atoms with Gasteiger partial charge in [-0.05, 0) is 23.8 Å². The van der Waals surface area contributed by atoms with Crippen LogP contribution in [-0.2, 0) is 10.0 Å². The van der Waals surface area contributed by atoms with Gasteiger partial charge in [0.25, 0.3) is 0 Å². The quantitative estimate of drug-likeness (QED) is 0.410. The molecule has 3 aromatic carbocycles. The lowest BCUT2D eigenvalue weighted by Gasteiger charge is -2.20. The molecule has 0 bridgehead atoms. The summed E-state index contributed by atoms with van der Waals surface area (Å²) in [4.78, 5) is 4.54. The van der Waals surface area contributed by atoms with E-state index in [9.17, 15) is 8.42 Å². The van der Waals surface area contributed by atoms with Gasteiger partial charge >= 0.3 is 0 Å². The van der Waals surface area contributed by atoms with Crippen LogP contribution in [0.5, 0.6) is 0 Å². The smallest absolute Gasteiger partial charge is 0.237 e. The van der Waals surface area contributed by atoms with Crippen LogP contribution in [-0.4, -0.2) is 19.7 Å². The Morgan fingerprint density at radius 2 is 1.37 bits per heavy atom. The van der Waals surface area contributed by atoms with E-state index in [2.05, 4.69) is 4.98 Å². The van der Waals surface area contributed by atoms with E-state index in [1.54, 1.807) is 30.3 Å². The molecule has 0 saturated heterocycles. The van der Waals surface area contributed by atoms with Crippen molar-refractivity contribution in [2.75, 3.05) is 10.6 Å². The molecule has 0 spiro atoms. The van der Waals surface area contributed by atoms with Crippen molar-refractivity contribution < 1.29 is 12.8 Å². The SMILES string of the molecule is CS(=O)(=O)N(c1ccccc1)c1nc(/C=C/c2ccccc2)oc1-c1ccccc1. The van der Waals surface area contributed by atoms with Gasteiger partial charge in [-0.15, -0.1) is 0 Å². The van der Waals surface area contributed by atoms with Gasteiger partial charge in [0.2, 0.25) is 15.9 Å². The summed E-state index contributed by atoms with van der Waals surface area (Å²) >= 11 is 0. The lowest BCUT2D eigenvalue weighted by atomic mass is 10.2. The molecule has 150 valence electrons. The summed E-state index contributed by atoms with van der Waals surface area (Å²) in [5.41, 5.74) is 2.22. The van der Waals surface area contributed by atoms with Crippen molar-refractivity contribution in [1.29, 1.82) is 0 Å². The Kier molecular flexibility index (Phi) is 5.50. The number of rotatable bonds is 6. The summed E-state index contributed by atoms with van der Waals surface area (Å²) in [7, 11) is -3.67. The highest BCUT2D eigenvalue weighted by molar-refractivity contribution is 7.92. The zero-order valence-corrected chi connectivity index (χ0v) is 17.2. The van der Waals surface area contributed by atoms with Crippen molar-refractivity contribution >= 4 is 33.7 Å². The van der Waals surface area contributed by atoms with Crippen molar-refractivity contribution in [2.45, 2.75) is 0 Å². The first-order chi connectivity index (χ1) is 14.5. The maximum absolute atomic E-state index is 12.7. The summed E-state index contributed by atoms with van der Waals surface area (Å²) < 4.78 is 32.7. The van der Waals surface area contributed by atoms with Crippen molar-refractivity contribution in [2.24, 2.45) is 0 Å². The molecule has 0 atom stereocenters. The molecule has 5 nitrogen and oxygen atoms in total. The fraction of sp³-hybridized carbons (Fsp3) is 0.0417. The number of hydrogen-bond acceptors (Lipinski definition) is 4. The summed E-state index contributed by atoms with van der Waals surface area (Å²) in [5.74, 6) is 0.928. The van der Waals surface area contributed by atoms with E-state index >= 15 is 0 Å². The topological polar surface area (TPSA) is 63.4 Å². The summed E-state index contributed by atoms with van der Waals surface area (Å²) in [6, 6.07) is 28.0. The lowest BCUT2D eigenvalue weighted by molar-refractivity contribution is 0.560. The summed E-state index contributed by atoms with van der Waals surface area (Å²) in [6.07, 6.45) is 4.76. The maximum atomic E-state index is 12.7. The molecule has 0 N–H and O–H groups in total. The van der Waals surface area contributed by atoms with Gasteiger partial charge in [-0.3, -0.25) is 0 Å². The van der Waals surface area contributed by atoms with Crippen LogP contribution < -0.4 is 4.31 Å². The Morgan fingerprint density at radius 3 is 1.97 bits per heavy atom. The number of nitrogens with zero attached hydrogens (tertiary/aromatic N) is 2. The Morgan fingerprint density at radius 1 is 0.800 bits per heavy atom. The second kappa shape index (κ2) is 8.39. The van der Waals surface area contributed by atoms with Crippen LogP contribution in [0.2, 0.25) is 0 Å². The fourth-order valence-electron chi connectivity index (χ4n) is 3.08. The van der Waals surface area contributed by atoms with Gasteiger partial charge in [-0.2, -0.15) is 4.98 Å². The molecule has 0 aliphatic rings. The first kappa shape index (κ1) is 19.7. The molecule has 6 heteroatoms. The maximum Gasteiger partial charge on any atom is 0.237 e. The molecule has 0 aliphatic carbocycles. The molecule has 0 aliphatic heterocycles. The average Bonchev–Trinajstić information content (AvgIpc) is 3.17. The Balaban J connectivity index is 1.86. The van der Waals surface area contributed by atoms with Crippen LogP contribution >= 0.6 is 0 Å². The van der Waals surface area contributed by atoms with Crippen LogP contribution in [0, 0.1) is 0 Å². The molecule has 1 heterocycles. The van der Waals surface area contributed by atoms with Crippen molar-refractivity contribution in [3.8, 4) is 11.3 Å². The van der Waals surface area contributed by atoms with E-state index in [-0.39, 0.29) is 5.82 Å². The molecule has 0 amide bonds. The zero-order chi connectivity index (χ0) is 21.0. The minimum absolute atomic E-state index is 0.225. The predicted molar refractivity (Wildman–Crippen MR) is 121 cm³/mol. The first-order valence-corrected chi connectivity index (χ1v) is 11.2. The highest BCUT2D eigenvalue weighted by Crippen LogP contribution is 2.37. The standard InChI is InChI=1S/C24H20N2O3S/c1-30(27,28)26(21-15-9-4-10-16-21)24-23(20-13-7-3-8-14-20)29-22(25-24)18-17-19-11-5-2-6-12-19/h2-18H,1H3/b18-17+. The molecule has 0 fully saturated rings. The number of para-hydroxylation sites is 1. The van der Waals surface area contributed by atoms with Crippen molar-refractivity contribution in [3.63, 3.8) is 0 Å². The monoisotopic (exact) mass is 416 g/mol. The summed E-state index contributed by atoms with van der Waals surface area (Å²) in [5, 5.41) is 0. The lowest BCUT2D eigenvalue weighted by Crippen LogP contribution is -2.25. The molecule has 4 aromatic rings. The van der Waals surface area contributed by atoms with Gasteiger partial charge in [0.05, 0.1) is 11.9 Å². The minimum Gasteiger partial charge on any atom is -0.434 e. The van der Waals surface area contributed by atoms with E-state index in [1.165, 1.54) is 4.31 Å². The van der Waals surface area contributed by atoms with Gasteiger partial charge in [0.1, 0.15) is 0 Å². The Hall–Kier alpha value is -3.64. The van der Waals surface area contributed by atoms with E-state index in [0.717, 1.165) is 17.4 Å². The number of sulfonamides is 1. The van der Waals surface area contributed by atoms with Crippen LogP contribution in [0.1, 0.15) is 11.5 Å². The third-order valence-electron chi connectivity index (χ3n) is 4.39. The molecular weight excluding hydrogens is 396 g/mol. The van der Waals surface area contributed by atoms with Gasteiger partial charge < -0.3 is 4.42 Å². The van der Waals surface area contributed by atoms with Gasteiger partial charge in [0, 0.05) is 11.6 Å². The Bertz CT molecular complexity index is 1250. The van der Waals surface area contributed by atoms with Crippen LogP contribution in [0.3, 0.4) is 0 Å². The fourth-order valence-corrected chi connectivity index (χ4v) is 4.02. The average molecular weight is 417 g/mol. The van der Waals surface area contributed by atoms with Gasteiger partial charge in [0.15, 0.2) is 11.6 Å². The van der Waals surface area contributed by atoms with Crippen LogP contribution in [0.4, 0.5) is 11.5 Å². The highest BCUT2D eigenvalue weighted by atomic mass is 32.2. The number of benzene rings is 3. The molecular formula is C24H20N2O3S. The number of oxazole rings is 1. The highest BCUT2D eigenvalue weighted by Gasteiger charge is 2.28. The van der Waals surface area contributed by atoms with Gasteiger partial charge in [-0.25, -0.2) is 12.7 Å². The summed E-state index contributed by atoms with van der Waals surface area (Å²) in [6.45, 7) is 0. The Labute approximate surface area is 176 Å². The molecule has 4 rings (SSSR count). The third-order valence-corrected chi connectivity index (χ3v) is 5.44. The minimum atomic E-state index is -3.67. The van der Waals surface area contributed by atoms with Crippen molar-refractivity contribution in [1.82, 2.24) is 4.98 Å². The van der Waals surface area contributed by atoms with E-state index in [1.807, 2.05) is 72.8 Å². The molecule has 0 radical (unpaired) electrons. The number of hydrogen-bond donors (Lipinski definition) is 0. The normalized spacial score (nSPS) is 11.6. The first-order valence-electron chi connectivity index (χ1n) is 9.37. The third kappa shape index (κ3) is 4.34. The predicted octanol–water partition coefficient (Wildman–Crippen LogP) is 5.61. The van der Waals surface area contributed by atoms with Crippen LogP contribution in [0.25, 0.3) is 23.5 Å². The molecule has 0 unspecified atom stereocenters. The molecule has 0 saturated carbocycles. The van der Waals surface area contributed by atoms with Gasteiger partial charge in [-0.1, -0.05) is 78.9 Å². The second-order valence-corrected chi connectivity index (χ2v) is 8.51. The van der Waals surface area contributed by atoms with E-state index < -0.39 is 10.0 Å². The number of anilines is 2. The van der Waals surface area contributed by atoms with E-state index in [4.69, 9.17) is 4.42 Å². The molecule has 30 heavy (non-hydrogen) atoms. The largest absolute Gasteiger partial charge is 0.434 e. The van der Waals surface area contributed by atoms with E-state index in [0.29, 0.717) is 17.3 Å². The van der Waals surface area contributed by atoms with Crippen LogP contribution in [0.15, 0.2) is 95.4 Å². The second-order valence-electron chi connectivity index (χ2n) is 6.68. The number of aromatic nitrogens is 1. The van der Waals surface area contributed by atoms with Crippen molar-refractivity contribution in [3.05, 3.63) is 102 Å².